The number of aliphatic hydroxyl groups is 3. The number of carbonyl (C=O) groups is 3. The quantitative estimate of drug-likeness (QED) is 0.325. The van der Waals surface area contributed by atoms with Crippen LogP contribution in [0.15, 0.2) is 54.6 Å². The number of hydrogen-bond acceptors (Lipinski definition) is 9. The lowest BCUT2D eigenvalue weighted by Crippen LogP contribution is -1.95. The highest BCUT2D eigenvalue weighted by molar-refractivity contribution is 5.66. The lowest BCUT2D eigenvalue weighted by atomic mass is 10.0. The molecule has 3 N–H and O–H groups in total. The fourth-order valence-corrected chi connectivity index (χ4v) is 1.70. The van der Waals surface area contributed by atoms with E-state index in [9.17, 15) is 14.4 Å². The van der Waals surface area contributed by atoms with Crippen LogP contribution in [0.1, 0.15) is 71.1 Å². The Labute approximate surface area is 243 Å². The standard InChI is InChI=1S/C9H12.C8H10.C4H8O2.2C3H6O2.C2H6O.2CH4O/c1-8(2)9-6-4-3-5-7-9;1-7-5-3-4-6-8(7)2;1-3-6-4(2)5;2*1-3(4)5-2;1-2-3;2*1-2/h3-8H,1-2H3;3-6H,1-2H3;3H2,1-2H3;2*1-2H3;3H,2H2,1H3;2*2H,1H3. The van der Waals surface area contributed by atoms with E-state index in [1.54, 1.807) is 13.8 Å². The van der Waals surface area contributed by atoms with Gasteiger partial charge in [0.25, 0.3) is 0 Å². The van der Waals surface area contributed by atoms with Gasteiger partial charge >= 0.3 is 17.9 Å². The molecule has 0 atom stereocenters. The molecule has 0 radical (unpaired) electrons. The van der Waals surface area contributed by atoms with Gasteiger partial charge in [-0.15, -0.1) is 0 Å². The summed E-state index contributed by atoms with van der Waals surface area (Å²) in [5.74, 6) is -0.0429. The Morgan fingerprint density at radius 1 is 0.675 bits per heavy atom. The number of ether oxygens (including phenoxy) is 3. The largest absolute Gasteiger partial charge is 0.469 e. The molecule has 234 valence electrons. The average molecular weight is 573 g/mol. The van der Waals surface area contributed by atoms with Gasteiger partial charge in [0.1, 0.15) is 0 Å². The van der Waals surface area contributed by atoms with E-state index < -0.39 is 0 Å². The van der Waals surface area contributed by atoms with Gasteiger partial charge in [-0.05, 0) is 50.3 Å². The SMILES string of the molecule is CC(C)c1ccccc1.CCO.CCOC(C)=O.CO.CO.COC(C)=O.COC(C)=O.Cc1ccccc1C. The molecule has 0 aromatic heterocycles. The number of esters is 3. The lowest BCUT2D eigenvalue weighted by Gasteiger charge is -2.01. The van der Waals surface area contributed by atoms with E-state index in [0.29, 0.717) is 12.5 Å². The molecule has 0 aliphatic heterocycles. The molecule has 0 aliphatic carbocycles. The van der Waals surface area contributed by atoms with E-state index in [-0.39, 0.29) is 24.5 Å². The number of benzene rings is 2. The molecule has 0 spiro atoms. The second-order valence-electron chi connectivity index (χ2n) is 7.28. The minimum absolute atomic E-state index is 0.211. The Bertz CT molecular complexity index is 742. The van der Waals surface area contributed by atoms with E-state index in [1.807, 2.05) is 6.07 Å². The maximum absolute atomic E-state index is 9.82. The van der Waals surface area contributed by atoms with Crippen molar-refractivity contribution >= 4 is 17.9 Å². The predicted molar refractivity (Wildman–Crippen MR) is 163 cm³/mol. The maximum atomic E-state index is 9.82. The summed E-state index contributed by atoms with van der Waals surface area (Å²) >= 11 is 0. The van der Waals surface area contributed by atoms with Gasteiger partial charge in [-0.25, -0.2) is 0 Å². The Kier molecular flexibility index (Phi) is 53.1. The minimum Gasteiger partial charge on any atom is -0.469 e. The van der Waals surface area contributed by atoms with Crippen LogP contribution in [-0.4, -0.2) is 74.9 Å². The van der Waals surface area contributed by atoms with Gasteiger partial charge in [-0.2, -0.15) is 0 Å². The molecule has 0 unspecified atom stereocenters. The van der Waals surface area contributed by atoms with Gasteiger partial charge in [-0.1, -0.05) is 68.4 Å². The molecule has 40 heavy (non-hydrogen) atoms. The van der Waals surface area contributed by atoms with Crippen LogP contribution in [0, 0.1) is 13.8 Å². The summed E-state index contributed by atoms with van der Waals surface area (Å²) in [5.41, 5.74) is 4.15. The van der Waals surface area contributed by atoms with Crippen molar-refractivity contribution in [3.8, 4) is 0 Å². The van der Waals surface area contributed by atoms with Gasteiger partial charge < -0.3 is 29.5 Å². The third-order valence-corrected chi connectivity index (χ3v) is 3.81. The van der Waals surface area contributed by atoms with E-state index in [0.717, 1.165) is 14.2 Å². The molecule has 0 fully saturated rings. The first kappa shape index (κ1) is 49.7. The molecule has 0 heterocycles. The first-order chi connectivity index (χ1) is 18.8. The van der Waals surface area contributed by atoms with Gasteiger partial charge in [0.15, 0.2) is 0 Å². The van der Waals surface area contributed by atoms with Gasteiger partial charge in [0.2, 0.25) is 0 Å². The highest BCUT2D eigenvalue weighted by atomic mass is 16.5. The van der Waals surface area contributed by atoms with Crippen LogP contribution in [0.5, 0.6) is 0 Å². The minimum atomic E-state index is -0.245. The third-order valence-electron chi connectivity index (χ3n) is 3.81. The van der Waals surface area contributed by atoms with Crippen molar-refractivity contribution in [3.05, 3.63) is 71.3 Å². The Balaban J connectivity index is -0.0000000869. The molecule has 2 aromatic carbocycles. The van der Waals surface area contributed by atoms with Crippen molar-refractivity contribution in [2.24, 2.45) is 0 Å². The zero-order chi connectivity index (χ0) is 32.9. The van der Waals surface area contributed by atoms with Gasteiger partial charge in [0.05, 0.1) is 20.8 Å². The summed E-state index contributed by atoms with van der Waals surface area (Å²) in [6.45, 7) is 17.0. The number of aryl methyl sites for hydroxylation is 2. The van der Waals surface area contributed by atoms with Crippen LogP contribution < -0.4 is 0 Å². The van der Waals surface area contributed by atoms with E-state index in [4.69, 9.17) is 15.3 Å². The molecular weight excluding hydrogens is 516 g/mol. The monoisotopic (exact) mass is 572 g/mol. The summed E-state index contributed by atoms with van der Waals surface area (Å²) in [4.78, 5) is 29.0. The molecule has 0 saturated carbocycles. The van der Waals surface area contributed by atoms with E-state index in [1.165, 1.54) is 51.7 Å². The summed E-state index contributed by atoms with van der Waals surface area (Å²) in [7, 11) is 4.70. The number of carbonyl (C=O) groups excluding carboxylic acids is 3. The Hall–Kier alpha value is -3.27. The van der Waals surface area contributed by atoms with Crippen LogP contribution >= 0.6 is 0 Å². The highest BCUT2D eigenvalue weighted by Gasteiger charge is 1.93. The van der Waals surface area contributed by atoms with Crippen molar-refractivity contribution in [2.45, 2.75) is 68.2 Å². The molecule has 2 rings (SSSR count). The Morgan fingerprint density at radius 2 is 0.950 bits per heavy atom. The van der Waals surface area contributed by atoms with Crippen molar-refractivity contribution in [1.82, 2.24) is 0 Å². The molecule has 9 heteroatoms. The molecule has 9 nitrogen and oxygen atoms in total. The fourth-order valence-electron chi connectivity index (χ4n) is 1.70. The van der Waals surface area contributed by atoms with Crippen LogP contribution in [0.4, 0.5) is 0 Å². The summed E-state index contributed by atoms with van der Waals surface area (Å²) < 4.78 is 12.6. The lowest BCUT2D eigenvalue weighted by molar-refractivity contribution is -0.140. The number of methoxy groups -OCH3 is 2. The average Bonchev–Trinajstić information content (AvgIpc) is 2.95. The molecule has 0 aliphatic rings. The number of hydrogen-bond donors (Lipinski definition) is 3. The third kappa shape index (κ3) is 55.3. The predicted octanol–water partition coefficient (Wildman–Crippen LogP) is 5.26. The van der Waals surface area contributed by atoms with Crippen molar-refractivity contribution in [2.75, 3.05) is 41.7 Å². The molecule has 0 bridgehead atoms. The molecule has 0 amide bonds. The van der Waals surface area contributed by atoms with E-state index >= 15 is 0 Å². The first-order valence-corrected chi connectivity index (χ1v) is 12.6. The van der Waals surface area contributed by atoms with Crippen LogP contribution in [0.3, 0.4) is 0 Å². The van der Waals surface area contributed by atoms with Gasteiger partial charge in [-0.3, -0.25) is 14.4 Å². The van der Waals surface area contributed by atoms with Crippen molar-refractivity contribution < 1.29 is 43.9 Å². The topological polar surface area (TPSA) is 140 Å². The summed E-state index contributed by atoms with van der Waals surface area (Å²) in [6.07, 6.45) is 0. The van der Waals surface area contributed by atoms with Crippen molar-refractivity contribution in [3.63, 3.8) is 0 Å². The van der Waals surface area contributed by atoms with Crippen LogP contribution in [0.2, 0.25) is 0 Å². The normalized spacial score (nSPS) is 7.72. The molecular formula is C31H56O9. The number of rotatable bonds is 2. The molecule has 0 saturated heterocycles. The zero-order valence-electron chi connectivity index (χ0n) is 27.0. The second kappa shape index (κ2) is 42.8. The summed E-state index contributed by atoms with van der Waals surface area (Å²) in [5, 5.41) is 21.6. The smallest absolute Gasteiger partial charge is 0.302 e. The fraction of sp³-hybridized carbons (Fsp3) is 0.516. The van der Waals surface area contributed by atoms with Gasteiger partial charge in [0, 0.05) is 41.6 Å². The summed E-state index contributed by atoms with van der Waals surface area (Å²) in [6, 6.07) is 18.9. The Morgan fingerprint density at radius 3 is 1.07 bits per heavy atom. The second-order valence-corrected chi connectivity index (χ2v) is 7.28. The van der Waals surface area contributed by atoms with Crippen LogP contribution in [-0.2, 0) is 28.6 Å². The first-order valence-electron chi connectivity index (χ1n) is 12.6. The highest BCUT2D eigenvalue weighted by Crippen LogP contribution is 2.11. The maximum Gasteiger partial charge on any atom is 0.302 e. The van der Waals surface area contributed by atoms with Crippen molar-refractivity contribution in [1.29, 1.82) is 0 Å². The van der Waals surface area contributed by atoms with E-state index in [2.05, 4.69) is 90.4 Å². The molecule has 2 aromatic rings. The zero-order valence-corrected chi connectivity index (χ0v) is 27.0. The number of aliphatic hydroxyl groups excluding tert-OH is 3. The van der Waals surface area contributed by atoms with Crippen LogP contribution in [0.25, 0.3) is 0 Å².